The topological polar surface area (TPSA) is 106 Å². The number of rotatable bonds is 3. The van der Waals surface area contributed by atoms with Crippen molar-refractivity contribution in [2.24, 2.45) is 0 Å². The number of carbonyl (C=O) groups is 1. The van der Waals surface area contributed by atoms with Crippen molar-refractivity contribution in [3.63, 3.8) is 0 Å². The maximum atomic E-state index is 13.3. The van der Waals surface area contributed by atoms with E-state index in [9.17, 15) is 9.18 Å². The van der Waals surface area contributed by atoms with Gasteiger partial charge in [-0.15, -0.1) is 0 Å². The van der Waals surface area contributed by atoms with Crippen molar-refractivity contribution in [1.82, 2.24) is 15.0 Å². The summed E-state index contributed by atoms with van der Waals surface area (Å²) in [5.41, 5.74) is 6.42. The Hall–Kier alpha value is -2.52. The van der Waals surface area contributed by atoms with Gasteiger partial charge in [0, 0.05) is 6.92 Å². The molecule has 1 aromatic carbocycles. The first-order chi connectivity index (χ1) is 10.9. The van der Waals surface area contributed by atoms with Crippen molar-refractivity contribution >= 4 is 61.6 Å². The molecule has 0 saturated carbocycles. The number of nitrogens with two attached hydrogens (primary N) is 1. The summed E-state index contributed by atoms with van der Waals surface area (Å²) in [6.07, 6.45) is 1.51. The normalized spacial score (nSPS) is 10.7. The highest BCUT2D eigenvalue weighted by atomic mass is 35.5. The average molecular weight is 353 g/mol. The van der Waals surface area contributed by atoms with E-state index in [1.807, 2.05) is 0 Å². The number of anilines is 4. The third-order valence-corrected chi connectivity index (χ3v) is 3.96. The fourth-order valence-electron chi connectivity index (χ4n) is 1.78. The second-order valence-corrected chi connectivity index (χ2v) is 5.95. The predicted octanol–water partition coefficient (Wildman–Crippen LogP) is 3.16. The summed E-state index contributed by atoms with van der Waals surface area (Å²) in [4.78, 5) is 24.2. The number of halogens is 2. The van der Waals surface area contributed by atoms with E-state index >= 15 is 0 Å². The highest BCUT2D eigenvalue weighted by Crippen LogP contribution is 2.30. The van der Waals surface area contributed by atoms with E-state index in [4.69, 9.17) is 17.3 Å². The van der Waals surface area contributed by atoms with E-state index in [2.05, 4.69) is 25.6 Å². The van der Waals surface area contributed by atoms with E-state index in [0.717, 1.165) is 6.07 Å². The second kappa shape index (κ2) is 5.94. The van der Waals surface area contributed by atoms with E-state index in [1.54, 1.807) is 0 Å². The van der Waals surface area contributed by atoms with E-state index < -0.39 is 5.82 Å². The van der Waals surface area contributed by atoms with Crippen molar-refractivity contribution in [2.75, 3.05) is 16.4 Å². The largest absolute Gasteiger partial charge is 0.396 e. The molecule has 0 aliphatic heterocycles. The molecule has 23 heavy (non-hydrogen) atoms. The van der Waals surface area contributed by atoms with Crippen LogP contribution >= 0.6 is 22.9 Å². The molecule has 7 nitrogen and oxygen atoms in total. The van der Waals surface area contributed by atoms with Gasteiger partial charge < -0.3 is 16.4 Å². The maximum Gasteiger partial charge on any atom is 0.228 e. The molecule has 3 rings (SSSR count). The molecule has 0 aliphatic carbocycles. The van der Waals surface area contributed by atoms with Gasteiger partial charge in [0.15, 0.2) is 9.96 Å². The SMILES string of the molecule is CC(=O)Nc1nc2cnc(Nc3cc(N)c(F)cc3Cl)nc2s1. The Morgan fingerprint density at radius 2 is 2.17 bits per heavy atom. The molecule has 0 radical (unpaired) electrons. The van der Waals surface area contributed by atoms with Crippen LogP contribution in [0.25, 0.3) is 10.3 Å². The fraction of sp³-hybridized carbons (Fsp3) is 0.0769. The number of fused-ring (bicyclic) bond motifs is 1. The minimum Gasteiger partial charge on any atom is -0.396 e. The number of nitrogens with zero attached hydrogens (tertiary/aromatic N) is 3. The molecule has 0 spiro atoms. The predicted molar refractivity (Wildman–Crippen MR) is 88.6 cm³/mol. The molecule has 3 aromatic rings. The smallest absolute Gasteiger partial charge is 0.228 e. The van der Waals surface area contributed by atoms with Gasteiger partial charge in [0.05, 0.1) is 22.6 Å². The number of nitrogens with one attached hydrogen (secondary N) is 2. The molecule has 118 valence electrons. The molecule has 0 fully saturated rings. The Labute approximate surface area is 138 Å². The number of hydrogen-bond acceptors (Lipinski definition) is 7. The lowest BCUT2D eigenvalue weighted by Crippen LogP contribution is -2.04. The van der Waals surface area contributed by atoms with Crippen LogP contribution in [0.3, 0.4) is 0 Å². The average Bonchev–Trinajstić information content (AvgIpc) is 2.85. The minimum absolute atomic E-state index is 0.0382. The zero-order valence-electron chi connectivity index (χ0n) is 11.7. The van der Waals surface area contributed by atoms with Crippen molar-refractivity contribution in [3.8, 4) is 0 Å². The molecular weight excluding hydrogens is 343 g/mol. The van der Waals surface area contributed by atoms with Crippen LogP contribution < -0.4 is 16.4 Å². The maximum absolute atomic E-state index is 13.3. The van der Waals surface area contributed by atoms with Gasteiger partial charge in [-0.25, -0.2) is 14.4 Å². The van der Waals surface area contributed by atoms with Crippen molar-refractivity contribution in [3.05, 3.63) is 29.2 Å². The monoisotopic (exact) mass is 352 g/mol. The first kappa shape index (κ1) is 15.4. The number of carbonyl (C=O) groups excluding carboxylic acids is 1. The van der Waals surface area contributed by atoms with E-state index in [0.29, 0.717) is 21.2 Å². The van der Waals surface area contributed by atoms with Gasteiger partial charge in [-0.2, -0.15) is 4.98 Å². The number of thiazole rings is 1. The summed E-state index contributed by atoms with van der Waals surface area (Å²) in [6.45, 7) is 1.39. The Balaban J connectivity index is 1.91. The first-order valence-corrected chi connectivity index (χ1v) is 7.54. The fourth-order valence-corrected chi connectivity index (χ4v) is 2.84. The van der Waals surface area contributed by atoms with Gasteiger partial charge in [0.1, 0.15) is 11.3 Å². The van der Waals surface area contributed by atoms with Gasteiger partial charge in [-0.05, 0) is 12.1 Å². The van der Waals surface area contributed by atoms with E-state index in [1.165, 1.54) is 30.5 Å². The molecule has 0 bridgehead atoms. The van der Waals surface area contributed by atoms with Crippen LogP contribution in [0.1, 0.15) is 6.92 Å². The number of amides is 1. The highest BCUT2D eigenvalue weighted by Gasteiger charge is 2.11. The van der Waals surface area contributed by atoms with Gasteiger partial charge >= 0.3 is 0 Å². The Bertz CT molecular complexity index is 915. The summed E-state index contributed by atoms with van der Waals surface area (Å²) >= 11 is 7.17. The molecule has 10 heteroatoms. The molecular formula is C13H10ClFN6OS. The number of benzene rings is 1. The quantitative estimate of drug-likeness (QED) is 0.625. The number of hydrogen-bond donors (Lipinski definition) is 3. The molecule has 0 unspecified atom stereocenters. The van der Waals surface area contributed by atoms with Crippen LogP contribution in [-0.4, -0.2) is 20.9 Å². The van der Waals surface area contributed by atoms with Gasteiger partial charge in [0.2, 0.25) is 11.9 Å². The van der Waals surface area contributed by atoms with Gasteiger partial charge in [-0.3, -0.25) is 4.79 Å². The van der Waals surface area contributed by atoms with Crippen LogP contribution in [0, 0.1) is 5.82 Å². The molecule has 0 atom stereocenters. The van der Waals surface area contributed by atoms with Gasteiger partial charge in [-0.1, -0.05) is 22.9 Å². The number of aromatic nitrogens is 3. The standard InChI is InChI=1S/C13H10ClFN6OS/c1-5(22)18-13-20-10-4-17-12(21-11(10)23-13)19-9-3-8(16)7(15)2-6(9)14/h2-4H,16H2,1H3,(H,17,19,21)(H,18,20,22). The van der Waals surface area contributed by atoms with Crippen LogP contribution in [0.15, 0.2) is 18.3 Å². The lowest BCUT2D eigenvalue weighted by molar-refractivity contribution is -0.114. The molecule has 1 amide bonds. The lowest BCUT2D eigenvalue weighted by Gasteiger charge is -2.08. The zero-order chi connectivity index (χ0) is 16.6. The molecule has 0 saturated heterocycles. The van der Waals surface area contributed by atoms with E-state index in [-0.39, 0.29) is 22.6 Å². The van der Waals surface area contributed by atoms with Crippen LogP contribution in [0.4, 0.5) is 26.8 Å². The Morgan fingerprint density at radius 3 is 2.91 bits per heavy atom. The zero-order valence-corrected chi connectivity index (χ0v) is 13.3. The second-order valence-electron chi connectivity index (χ2n) is 4.56. The minimum atomic E-state index is -0.598. The molecule has 4 N–H and O–H groups in total. The van der Waals surface area contributed by atoms with Crippen molar-refractivity contribution in [2.45, 2.75) is 6.92 Å². The third-order valence-electron chi connectivity index (χ3n) is 2.77. The number of nitrogen functional groups attached to an aromatic ring is 1. The van der Waals surface area contributed by atoms with Crippen LogP contribution in [-0.2, 0) is 4.79 Å². The summed E-state index contributed by atoms with van der Waals surface area (Å²) < 4.78 is 13.3. The molecule has 0 aliphatic rings. The van der Waals surface area contributed by atoms with Crippen LogP contribution in [0.2, 0.25) is 5.02 Å². The third kappa shape index (κ3) is 3.30. The van der Waals surface area contributed by atoms with Crippen molar-refractivity contribution < 1.29 is 9.18 Å². The van der Waals surface area contributed by atoms with Gasteiger partial charge in [0.25, 0.3) is 0 Å². The summed E-state index contributed by atoms with van der Waals surface area (Å²) in [5, 5.41) is 6.05. The summed E-state index contributed by atoms with van der Waals surface area (Å²) in [7, 11) is 0. The first-order valence-electron chi connectivity index (χ1n) is 6.35. The highest BCUT2D eigenvalue weighted by molar-refractivity contribution is 7.21. The Kier molecular flexibility index (Phi) is 3.97. The Morgan fingerprint density at radius 1 is 1.39 bits per heavy atom. The van der Waals surface area contributed by atoms with Crippen molar-refractivity contribution in [1.29, 1.82) is 0 Å². The molecule has 2 aromatic heterocycles. The lowest BCUT2D eigenvalue weighted by atomic mass is 10.2. The summed E-state index contributed by atoms with van der Waals surface area (Å²) in [5.74, 6) is -0.563. The summed E-state index contributed by atoms with van der Waals surface area (Å²) in [6, 6.07) is 2.47. The van der Waals surface area contributed by atoms with Crippen LogP contribution in [0.5, 0.6) is 0 Å². The molecule has 2 heterocycles.